The van der Waals surface area contributed by atoms with E-state index in [1.165, 1.54) is 0 Å². The van der Waals surface area contributed by atoms with Gasteiger partial charge in [-0.25, -0.2) is 4.79 Å². The van der Waals surface area contributed by atoms with Crippen molar-refractivity contribution >= 4 is 5.97 Å². The Morgan fingerprint density at radius 2 is 2.23 bits per heavy atom. The van der Waals surface area contributed by atoms with Crippen LogP contribution in [-0.2, 0) is 9.53 Å². The molecule has 0 aromatic rings. The summed E-state index contributed by atoms with van der Waals surface area (Å²) in [7, 11) is 0. The number of ether oxygens (including phenoxy) is 1. The van der Waals surface area contributed by atoms with Crippen molar-refractivity contribution in [3.8, 4) is 0 Å². The highest BCUT2D eigenvalue weighted by Gasteiger charge is 2.36. The quantitative estimate of drug-likeness (QED) is 0.663. The van der Waals surface area contributed by atoms with Crippen LogP contribution in [-0.4, -0.2) is 24.3 Å². The molecule has 13 heavy (non-hydrogen) atoms. The second kappa shape index (κ2) is 3.92. The molecule has 1 rings (SSSR count). The monoisotopic (exact) mass is 184 g/mol. The first-order valence-corrected chi connectivity index (χ1v) is 4.58. The van der Waals surface area contributed by atoms with E-state index in [1.54, 1.807) is 0 Å². The molecule has 0 unspecified atom stereocenters. The number of carboxylic acid groups (broad SMARTS) is 1. The molecule has 0 atom stereocenters. The van der Waals surface area contributed by atoms with Gasteiger partial charge in [-0.05, 0) is 19.3 Å². The Morgan fingerprint density at radius 3 is 2.54 bits per heavy atom. The zero-order valence-corrected chi connectivity index (χ0v) is 8.01. The molecule has 3 heteroatoms. The van der Waals surface area contributed by atoms with Crippen LogP contribution in [0.15, 0.2) is 12.2 Å². The van der Waals surface area contributed by atoms with Gasteiger partial charge in [0.25, 0.3) is 0 Å². The van der Waals surface area contributed by atoms with Crippen molar-refractivity contribution in [3.05, 3.63) is 12.2 Å². The van der Waals surface area contributed by atoms with Crippen molar-refractivity contribution in [2.75, 3.05) is 13.2 Å². The Bertz CT molecular complexity index is 211. The predicted octanol–water partition coefficient (Wildman–Crippen LogP) is 1.83. The first kappa shape index (κ1) is 10.3. The van der Waals surface area contributed by atoms with Crippen LogP contribution in [0.1, 0.15) is 26.2 Å². The smallest absolute Gasteiger partial charge is 0.330 e. The third-order valence-electron chi connectivity index (χ3n) is 2.83. The lowest BCUT2D eigenvalue weighted by molar-refractivity contribution is -0.134. The first-order valence-electron chi connectivity index (χ1n) is 4.58. The summed E-state index contributed by atoms with van der Waals surface area (Å²) < 4.78 is 5.14. The van der Waals surface area contributed by atoms with E-state index < -0.39 is 5.97 Å². The normalized spacial score (nSPS) is 19.2. The first-order chi connectivity index (χ1) is 6.09. The third-order valence-corrected chi connectivity index (χ3v) is 2.83. The highest BCUT2D eigenvalue weighted by atomic mass is 16.5. The maximum atomic E-state index is 10.5. The third kappa shape index (κ3) is 2.31. The molecule has 1 saturated heterocycles. The largest absolute Gasteiger partial charge is 0.478 e. The van der Waals surface area contributed by atoms with Crippen molar-refractivity contribution in [1.82, 2.24) is 0 Å². The van der Waals surface area contributed by atoms with Crippen LogP contribution in [0.25, 0.3) is 0 Å². The van der Waals surface area contributed by atoms with Crippen LogP contribution in [0.5, 0.6) is 0 Å². The maximum absolute atomic E-state index is 10.5. The Hall–Kier alpha value is -0.830. The predicted molar refractivity (Wildman–Crippen MR) is 49.6 cm³/mol. The van der Waals surface area contributed by atoms with Crippen LogP contribution >= 0.6 is 0 Å². The van der Waals surface area contributed by atoms with Gasteiger partial charge in [0.1, 0.15) is 0 Å². The van der Waals surface area contributed by atoms with Crippen LogP contribution in [0.4, 0.5) is 0 Å². The summed E-state index contributed by atoms with van der Waals surface area (Å²) in [6.45, 7) is 7.18. The summed E-state index contributed by atoms with van der Waals surface area (Å²) in [5.41, 5.74) is 0.540. The van der Waals surface area contributed by atoms with Crippen LogP contribution in [0.3, 0.4) is 0 Å². The zero-order chi connectivity index (χ0) is 9.90. The van der Waals surface area contributed by atoms with Crippen molar-refractivity contribution in [2.45, 2.75) is 26.2 Å². The van der Waals surface area contributed by atoms with Gasteiger partial charge in [-0.2, -0.15) is 0 Å². The van der Waals surface area contributed by atoms with E-state index in [0.717, 1.165) is 26.1 Å². The van der Waals surface area contributed by atoms with Gasteiger partial charge in [-0.1, -0.05) is 13.5 Å². The molecule has 1 aliphatic rings. The molecule has 74 valence electrons. The molecule has 1 N–H and O–H groups in total. The molecule has 1 fully saturated rings. The van der Waals surface area contributed by atoms with Crippen LogP contribution in [0.2, 0.25) is 0 Å². The SMILES string of the molecule is C=C(CCC1(CC)COC1)C(=O)O. The average molecular weight is 184 g/mol. The number of aliphatic carboxylic acids is 1. The minimum absolute atomic E-state index is 0.235. The van der Waals surface area contributed by atoms with Crippen molar-refractivity contribution in [1.29, 1.82) is 0 Å². The van der Waals surface area contributed by atoms with E-state index in [0.29, 0.717) is 12.0 Å². The van der Waals surface area contributed by atoms with E-state index in [2.05, 4.69) is 13.5 Å². The van der Waals surface area contributed by atoms with Crippen molar-refractivity contribution in [3.63, 3.8) is 0 Å². The van der Waals surface area contributed by atoms with Crippen LogP contribution in [0, 0.1) is 5.41 Å². The standard InChI is InChI=1S/C10H16O3/c1-3-10(6-13-7-10)5-4-8(2)9(11)12/h2-7H2,1H3,(H,11,12). The van der Waals surface area contributed by atoms with E-state index in [4.69, 9.17) is 9.84 Å². The van der Waals surface area contributed by atoms with Crippen molar-refractivity contribution in [2.24, 2.45) is 5.41 Å². The fourth-order valence-electron chi connectivity index (χ4n) is 1.44. The Kier molecular flexibility index (Phi) is 3.09. The van der Waals surface area contributed by atoms with Gasteiger partial charge < -0.3 is 9.84 Å². The second-order valence-corrected chi connectivity index (χ2v) is 3.76. The lowest BCUT2D eigenvalue weighted by Gasteiger charge is -2.41. The van der Waals surface area contributed by atoms with E-state index >= 15 is 0 Å². The lowest BCUT2D eigenvalue weighted by atomic mass is 9.78. The molecule has 0 aromatic carbocycles. The van der Waals surface area contributed by atoms with Gasteiger partial charge in [-0.3, -0.25) is 0 Å². The number of carbonyl (C=O) groups is 1. The lowest BCUT2D eigenvalue weighted by Crippen LogP contribution is -2.42. The van der Waals surface area contributed by atoms with Gasteiger partial charge in [0.15, 0.2) is 0 Å². The minimum atomic E-state index is -0.883. The molecule has 0 aromatic heterocycles. The zero-order valence-electron chi connectivity index (χ0n) is 8.01. The summed E-state index contributed by atoms with van der Waals surface area (Å²) in [6.07, 6.45) is 2.51. The second-order valence-electron chi connectivity index (χ2n) is 3.76. The van der Waals surface area contributed by atoms with Gasteiger partial charge in [0, 0.05) is 11.0 Å². The fraction of sp³-hybridized carbons (Fsp3) is 0.700. The highest BCUT2D eigenvalue weighted by Crippen LogP contribution is 2.36. The van der Waals surface area contributed by atoms with Gasteiger partial charge in [0.05, 0.1) is 13.2 Å². The maximum Gasteiger partial charge on any atom is 0.330 e. The molecule has 0 bridgehead atoms. The topological polar surface area (TPSA) is 46.5 Å². The average Bonchev–Trinajstić information content (AvgIpc) is 2.02. The minimum Gasteiger partial charge on any atom is -0.478 e. The van der Waals surface area contributed by atoms with Gasteiger partial charge in [0.2, 0.25) is 0 Å². The van der Waals surface area contributed by atoms with Crippen LogP contribution < -0.4 is 0 Å². The molecular weight excluding hydrogens is 168 g/mol. The molecule has 0 spiro atoms. The summed E-state index contributed by atoms with van der Waals surface area (Å²) >= 11 is 0. The van der Waals surface area contributed by atoms with E-state index in [-0.39, 0.29) is 5.41 Å². The molecule has 1 aliphatic heterocycles. The Morgan fingerprint density at radius 1 is 1.62 bits per heavy atom. The molecule has 1 heterocycles. The molecule has 0 aliphatic carbocycles. The Balaban J connectivity index is 2.32. The van der Waals surface area contributed by atoms with Gasteiger partial charge >= 0.3 is 5.97 Å². The van der Waals surface area contributed by atoms with E-state index in [9.17, 15) is 4.79 Å². The summed E-state index contributed by atoms with van der Waals surface area (Å²) in [5.74, 6) is -0.883. The summed E-state index contributed by atoms with van der Waals surface area (Å²) in [5, 5.41) is 8.61. The molecule has 0 saturated carbocycles. The number of carboxylic acids is 1. The molecule has 3 nitrogen and oxygen atoms in total. The number of hydrogen-bond acceptors (Lipinski definition) is 2. The Labute approximate surface area is 78.4 Å². The summed E-state index contributed by atoms with van der Waals surface area (Å²) in [4.78, 5) is 10.5. The summed E-state index contributed by atoms with van der Waals surface area (Å²) in [6, 6.07) is 0. The molecular formula is C10H16O3. The van der Waals surface area contributed by atoms with Gasteiger partial charge in [-0.15, -0.1) is 0 Å². The highest BCUT2D eigenvalue weighted by molar-refractivity contribution is 5.85. The number of hydrogen-bond donors (Lipinski definition) is 1. The molecule has 0 radical (unpaired) electrons. The van der Waals surface area contributed by atoms with E-state index in [1.807, 2.05) is 0 Å². The fourth-order valence-corrected chi connectivity index (χ4v) is 1.44. The molecule has 0 amide bonds. The number of rotatable bonds is 5. The van der Waals surface area contributed by atoms with Crippen molar-refractivity contribution < 1.29 is 14.6 Å².